The molecule has 92 valence electrons. The second-order valence-corrected chi connectivity index (χ2v) is 4.17. The predicted molar refractivity (Wildman–Crippen MR) is 66.0 cm³/mol. The summed E-state index contributed by atoms with van der Waals surface area (Å²) in [5, 5.41) is 6.25. The van der Waals surface area contributed by atoms with Crippen LogP contribution in [0.3, 0.4) is 0 Å². The van der Waals surface area contributed by atoms with Crippen LogP contribution in [0.25, 0.3) is 0 Å². The molecule has 1 amide bonds. The van der Waals surface area contributed by atoms with Gasteiger partial charge in [0.1, 0.15) is 11.3 Å². The van der Waals surface area contributed by atoms with Crippen LogP contribution in [0.1, 0.15) is 18.9 Å². The maximum Gasteiger partial charge on any atom is 0.244 e. The molecular weight excluding hydrogens is 216 g/mol. The fraction of sp³-hybridized carbons (Fsp3) is 0.462. The van der Waals surface area contributed by atoms with Crippen molar-refractivity contribution < 1.29 is 9.53 Å². The normalized spacial score (nSPS) is 24.2. The Morgan fingerprint density at radius 3 is 2.53 bits per heavy atom. The zero-order valence-corrected chi connectivity index (χ0v) is 10.2. The van der Waals surface area contributed by atoms with Gasteiger partial charge in [0.25, 0.3) is 0 Å². The number of amides is 1. The molecule has 1 aromatic rings. The van der Waals surface area contributed by atoms with E-state index in [-0.39, 0.29) is 5.91 Å². The molecule has 0 radical (unpaired) electrons. The van der Waals surface area contributed by atoms with Crippen LogP contribution in [0.2, 0.25) is 0 Å². The fourth-order valence-corrected chi connectivity index (χ4v) is 2.28. The van der Waals surface area contributed by atoms with Crippen molar-refractivity contribution >= 4 is 5.91 Å². The lowest BCUT2D eigenvalue weighted by Crippen LogP contribution is -2.60. The van der Waals surface area contributed by atoms with Gasteiger partial charge in [-0.1, -0.05) is 19.1 Å². The van der Waals surface area contributed by atoms with Gasteiger partial charge in [0.05, 0.1) is 7.11 Å². The quantitative estimate of drug-likeness (QED) is 0.821. The largest absolute Gasteiger partial charge is 0.497 e. The van der Waals surface area contributed by atoms with Crippen LogP contribution in [0.4, 0.5) is 0 Å². The second kappa shape index (κ2) is 4.75. The van der Waals surface area contributed by atoms with E-state index < -0.39 is 5.54 Å². The lowest BCUT2D eigenvalue weighted by molar-refractivity contribution is -0.129. The third-order valence-corrected chi connectivity index (χ3v) is 3.34. The standard InChI is InChI=1S/C13H18N2O2/c1-3-13(12(16)14-8-9-15-13)10-4-6-11(17-2)7-5-10/h4-7,15H,3,8-9H2,1-2H3,(H,14,16). The number of nitrogens with one attached hydrogen (secondary N) is 2. The molecule has 1 aliphatic heterocycles. The average Bonchev–Trinajstić information content (AvgIpc) is 2.40. The highest BCUT2D eigenvalue weighted by Gasteiger charge is 2.39. The van der Waals surface area contributed by atoms with E-state index in [9.17, 15) is 4.79 Å². The molecule has 17 heavy (non-hydrogen) atoms. The monoisotopic (exact) mass is 234 g/mol. The molecule has 1 unspecified atom stereocenters. The molecule has 0 saturated carbocycles. The van der Waals surface area contributed by atoms with Crippen molar-refractivity contribution in [1.29, 1.82) is 0 Å². The lowest BCUT2D eigenvalue weighted by atomic mass is 9.85. The Balaban J connectivity index is 2.35. The Kier molecular flexibility index (Phi) is 3.33. The molecule has 0 aromatic heterocycles. The molecule has 0 spiro atoms. The first-order valence-electron chi connectivity index (χ1n) is 5.91. The van der Waals surface area contributed by atoms with Gasteiger partial charge in [-0.05, 0) is 24.1 Å². The lowest BCUT2D eigenvalue weighted by Gasteiger charge is -2.36. The minimum absolute atomic E-state index is 0.0522. The third kappa shape index (κ3) is 2.00. The molecule has 1 atom stereocenters. The Hall–Kier alpha value is -1.55. The van der Waals surface area contributed by atoms with Gasteiger partial charge < -0.3 is 10.1 Å². The van der Waals surface area contributed by atoms with Crippen LogP contribution in [0.5, 0.6) is 5.75 Å². The van der Waals surface area contributed by atoms with Crippen LogP contribution in [-0.4, -0.2) is 26.1 Å². The van der Waals surface area contributed by atoms with Crippen molar-refractivity contribution in [2.75, 3.05) is 20.2 Å². The number of piperazine rings is 1. The van der Waals surface area contributed by atoms with Crippen LogP contribution >= 0.6 is 0 Å². The predicted octanol–water partition coefficient (Wildman–Crippen LogP) is 1.02. The van der Waals surface area contributed by atoms with E-state index in [1.807, 2.05) is 31.2 Å². The number of carbonyl (C=O) groups is 1. The number of hydrogen-bond acceptors (Lipinski definition) is 3. The molecule has 0 aliphatic carbocycles. The molecule has 2 N–H and O–H groups in total. The number of ether oxygens (including phenoxy) is 1. The van der Waals surface area contributed by atoms with Gasteiger partial charge in [-0.15, -0.1) is 0 Å². The Bertz CT molecular complexity index is 402. The number of rotatable bonds is 3. The summed E-state index contributed by atoms with van der Waals surface area (Å²) in [6.45, 7) is 3.50. The summed E-state index contributed by atoms with van der Waals surface area (Å²) in [5.41, 5.74) is 0.392. The first-order chi connectivity index (χ1) is 8.23. The number of hydrogen-bond donors (Lipinski definition) is 2. The van der Waals surface area contributed by atoms with Crippen LogP contribution in [0.15, 0.2) is 24.3 Å². The smallest absolute Gasteiger partial charge is 0.244 e. The molecule has 1 saturated heterocycles. The maximum absolute atomic E-state index is 12.1. The molecule has 1 fully saturated rings. The zero-order valence-electron chi connectivity index (χ0n) is 10.2. The maximum atomic E-state index is 12.1. The summed E-state index contributed by atoms with van der Waals surface area (Å²) in [6.07, 6.45) is 0.727. The van der Waals surface area contributed by atoms with E-state index in [1.54, 1.807) is 7.11 Å². The summed E-state index contributed by atoms with van der Waals surface area (Å²) in [4.78, 5) is 12.1. The highest BCUT2D eigenvalue weighted by molar-refractivity contribution is 5.88. The highest BCUT2D eigenvalue weighted by atomic mass is 16.5. The molecule has 4 heteroatoms. The molecule has 0 bridgehead atoms. The van der Waals surface area contributed by atoms with Gasteiger partial charge >= 0.3 is 0 Å². The molecule has 1 aliphatic rings. The minimum atomic E-state index is -0.593. The number of benzene rings is 1. The Morgan fingerprint density at radius 1 is 1.29 bits per heavy atom. The van der Waals surface area contributed by atoms with Crippen LogP contribution in [0, 0.1) is 0 Å². The molecule has 2 rings (SSSR count). The molecule has 1 heterocycles. The molecular formula is C13H18N2O2. The minimum Gasteiger partial charge on any atom is -0.497 e. The van der Waals surface area contributed by atoms with E-state index in [4.69, 9.17) is 4.74 Å². The third-order valence-electron chi connectivity index (χ3n) is 3.34. The number of methoxy groups -OCH3 is 1. The zero-order chi connectivity index (χ0) is 12.3. The van der Waals surface area contributed by atoms with Gasteiger partial charge in [0, 0.05) is 13.1 Å². The summed E-state index contributed by atoms with van der Waals surface area (Å²) >= 11 is 0. The Labute approximate surface area is 101 Å². The molecule has 1 aromatic carbocycles. The highest BCUT2D eigenvalue weighted by Crippen LogP contribution is 2.28. The summed E-state index contributed by atoms with van der Waals surface area (Å²) < 4.78 is 5.13. The van der Waals surface area contributed by atoms with Crippen molar-refractivity contribution in [3.63, 3.8) is 0 Å². The first-order valence-corrected chi connectivity index (χ1v) is 5.91. The van der Waals surface area contributed by atoms with Crippen LogP contribution < -0.4 is 15.4 Å². The fourth-order valence-electron chi connectivity index (χ4n) is 2.28. The van der Waals surface area contributed by atoms with Crippen molar-refractivity contribution in [3.05, 3.63) is 29.8 Å². The van der Waals surface area contributed by atoms with Crippen molar-refractivity contribution in [2.45, 2.75) is 18.9 Å². The van der Waals surface area contributed by atoms with Crippen molar-refractivity contribution in [2.24, 2.45) is 0 Å². The van der Waals surface area contributed by atoms with Crippen molar-refractivity contribution in [3.8, 4) is 5.75 Å². The van der Waals surface area contributed by atoms with E-state index in [0.29, 0.717) is 6.54 Å². The summed E-state index contributed by atoms with van der Waals surface area (Å²) in [7, 11) is 1.64. The van der Waals surface area contributed by atoms with Crippen molar-refractivity contribution in [1.82, 2.24) is 10.6 Å². The SMILES string of the molecule is CCC1(c2ccc(OC)cc2)NCCNC1=O. The van der Waals surface area contributed by atoms with E-state index in [0.717, 1.165) is 24.3 Å². The van der Waals surface area contributed by atoms with E-state index in [2.05, 4.69) is 10.6 Å². The molecule has 4 nitrogen and oxygen atoms in total. The van der Waals surface area contributed by atoms with Gasteiger partial charge in [0.2, 0.25) is 5.91 Å². The second-order valence-electron chi connectivity index (χ2n) is 4.17. The first kappa shape index (κ1) is 11.9. The van der Waals surface area contributed by atoms with Gasteiger partial charge in [-0.25, -0.2) is 0 Å². The topological polar surface area (TPSA) is 50.4 Å². The summed E-state index contributed by atoms with van der Waals surface area (Å²) in [5.74, 6) is 0.854. The number of carbonyl (C=O) groups excluding carboxylic acids is 1. The Morgan fingerprint density at radius 2 is 2.00 bits per heavy atom. The average molecular weight is 234 g/mol. The van der Waals surface area contributed by atoms with E-state index >= 15 is 0 Å². The van der Waals surface area contributed by atoms with Crippen LogP contribution in [-0.2, 0) is 10.3 Å². The van der Waals surface area contributed by atoms with Gasteiger partial charge in [-0.3, -0.25) is 10.1 Å². The van der Waals surface area contributed by atoms with Gasteiger partial charge in [-0.2, -0.15) is 0 Å². The summed E-state index contributed by atoms with van der Waals surface area (Å²) in [6, 6.07) is 7.66. The van der Waals surface area contributed by atoms with Gasteiger partial charge in [0.15, 0.2) is 0 Å². The van der Waals surface area contributed by atoms with E-state index in [1.165, 1.54) is 0 Å².